The van der Waals surface area contributed by atoms with Crippen molar-refractivity contribution in [1.29, 1.82) is 0 Å². The summed E-state index contributed by atoms with van der Waals surface area (Å²) in [5.74, 6) is -0.631. The standard InChI is InChI=1S/C15H25N3O2/c1-3-6-15(14(19)20)7-5-8-17(11-15)10-13-9-16-12-18(13)4-2/h9,12H,3-8,10-11H2,1-2H3,(H,19,20). The van der Waals surface area contributed by atoms with Crippen molar-refractivity contribution < 1.29 is 9.90 Å². The molecule has 0 saturated carbocycles. The highest BCUT2D eigenvalue weighted by Gasteiger charge is 2.41. The first kappa shape index (κ1) is 15.0. The lowest BCUT2D eigenvalue weighted by atomic mass is 9.76. The maximum atomic E-state index is 11.7. The Morgan fingerprint density at radius 3 is 2.95 bits per heavy atom. The third-order valence-corrected chi connectivity index (χ3v) is 4.36. The predicted octanol–water partition coefficient (Wildman–Crippen LogP) is 2.37. The van der Waals surface area contributed by atoms with Gasteiger partial charge in [0.15, 0.2) is 0 Å². The Balaban J connectivity index is 2.08. The third-order valence-electron chi connectivity index (χ3n) is 4.36. The SMILES string of the molecule is CCCC1(C(=O)O)CCCN(Cc2cncn2CC)C1. The number of imidazole rings is 1. The molecule has 0 amide bonds. The molecule has 0 aromatic carbocycles. The zero-order valence-electron chi connectivity index (χ0n) is 12.5. The molecule has 0 bridgehead atoms. The van der Waals surface area contributed by atoms with Crippen molar-refractivity contribution in [2.75, 3.05) is 13.1 Å². The van der Waals surface area contributed by atoms with Crippen molar-refractivity contribution in [3.63, 3.8) is 0 Å². The number of carboxylic acids is 1. The van der Waals surface area contributed by atoms with Crippen LogP contribution in [-0.2, 0) is 17.9 Å². The molecule has 1 unspecified atom stereocenters. The Bertz CT molecular complexity index is 454. The summed E-state index contributed by atoms with van der Waals surface area (Å²) in [5.41, 5.74) is 0.620. The minimum absolute atomic E-state index is 0.552. The second kappa shape index (κ2) is 6.39. The zero-order valence-corrected chi connectivity index (χ0v) is 12.5. The minimum atomic E-state index is -0.631. The van der Waals surface area contributed by atoms with Gasteiger partial charge in [0.1, 0.15) is 0 Å². The van der Waals surface area contributed by atoms with Crippen LogP contribution in [0.4, 0.5) is 0 Å². The molecule has 1 aromatic rings. The van der Waals surface area contributed by atoms with Gasteiger partial charge in [0.05, 0.1) is 17.4 Å². The lowest BCUT2D eigenvalue weighted by Gasteiger charge is -2.40. The fourth-order valence-corrected chi connectivity index (χ4v) is 3.32. The van der Waals surface area contributed by atoms with Gasteiger partial charge in [-0.15, -0.1) is 0 Å². The van der Waals surface area contributed by atoms with Crippen LogP contribution in [0.5, 0.6) is 0 Å². The summed E-state index contributed by atoms with van der Waals surface area (Å²) < 4.78 is 2.12. The summed E-state index contributed by atoms with van der Waals surface area (Å²) in [6.07, 6.45) is 7.20. The number of aryl methyl sites for hydroxylation is 1. The molecule has 2 heterocycles. The van der Waals surface area contributed by atoms with E-state index in [-0.39, 0.29) is 0 Å². The second-order valence-electron chi connectivity index (χ2n) is 5.82. The van der Waals surface area contributed by atoms with Crippen LogP contribution < -0.4 is 0 Å². The molecule has 2 rings (SSSR count). The Kier molecular flexibility index (Phi) is 4.81. The lowest BCUT2D eigenvalue weighted by molar-refractivity contribution is -0.153. The highest BCUT2D eigenvalue weighted by atomic mass is 16.4. The Labute approximate surface area is 120 Å². The van der Waals surface area contributed by atoms with E-state index in [0.717, 1.165) is 45.3 Å². The van der Waals surface area contributed by atoms with Crippen molar-refractivity contribution in [1.82, 2.24) is 14.5 Å². The molecule has 0 spiro atoms. The second-order valence-corrected chi connectivity index (χ2v) is 5.82. The zero-order chi connectivity index (χ0) is 14.6. The molecule has 112 valence electrons. The van der Waals surface area contributed by atoms with E-state index >= 15 is 0 Å². The first-order valence-electron chi connectivity index (χ1n) is 7.56. The van der Waals surface area contributed by atoms with E-state index in [1.807, 2.05) is 12.5 Å². The molecular weight excluding hydrogens is 254 g/mol. The molecule has 5 heteroatoms. The van der Waals surface area contributed by atoms with E-state index in [9.17, 15) is 9.90 Å². The number of aliphatic carboxylic acids is 1. The molecule has 1 saturated heterocycles. The summed E-state index contributed by atoms with van der Waals surface area (Å²) in [5, 5.41) is 9.62. The molecule has 0 radical (unpaired) electrons. The van der Waals surface area contributed by atoms with Crippen LogP contribution >= 0.6 is 0 Å². The van der Waals surface area contributed by atoms with Crippen molar-refractivity contribution in [2.45, 2.75) is 52.6 Å². The van der Waals surface area contributed by atoms with Crippen LogP contribution in [0.25, 0.3) is 0 Å². The van der Waals surface area contributed by atoms with Gasteiger partial charge in [-0.2, -0.15) is 0 Å². The van der Waals surface area contributed by atoms with Crippen LogP contribution in [0.2, 0.25) is 0 Å². The smallest absolute Gasteiger partial charge is 0.310 e. The molecule has 5 nitrogen and oxygen atoms in total. The highest BCUT2D eigenvalue weighted by Crippen LogP contribution is 2.35. The summed E-state index contributed by atoms with van der Waals surface area (Å²) in [7, 11) is 0. The van der Waals surface area contributed by atoms with Crippen molar-refractivity contribution >= 4 is 5.97 Å². The number of carbonyl (C=O) groups is 1. The molecule has 0 aliphatic carbocycles. The van der Waals surface area contributed by atoms with Crippen LogP contribution in [0.15, 0.2) is 12.5 Å². The number of carboxylic acid groups (broad SMARTS) is 1. The normalized spacial score (nSPS) is 23.9. The Hall–Kier alpha value is -1.36. The summed E-state index contributed by atoms with van der Waals surface area (Å²) >= 11 is 0. The summed E-state index contributed by atoms with van der Waals surface area (Å²) in [4.78, 5) is 18.2. The molecule has 20 heavy (non-hydrogen) atoms. The molecule has 1 aliphatic rings. The van der Waals surface area contributed by atoms with E-state index in [1.54, 1.807) is 0 Å². The fraction of sp³-hybridized carbons (Fsp3) is 0.733. The molecule has 1 aromatic heterocycles. The lowest BCUT2D eigenvalue weighted by Crippen LogP contribution is -2.47. The van der Waals surface area contributed by atoms with Crippen LogP contribution in [0.3, 0.4) is 0 Å². The summed E-state index contributed by atoms with van der Waals surface area (Å²) in [6.45, 7) is 7.50. The first-order chi connectivity index (χ1) is 9.61. The van der Waals surface area contributed by atoms with Crippen molar-refractivity contribution in [2.24, 2.45) is 5.41 Å². The average Bonchev–Trinajstić information content (AvgIpc) is 2.86. The topological polar surface area (TPSA) is 58.4 Å². The van der Waals surface area contributed by atoms with E-state index in [4.69, 9.17) is 0 Å². The number of likely N-dealkylation sites (tertiary alicyclic amines) is 1. The molecule has 1 atom stereocenters. The molecule has 1 aliphatic heterocycles. The van der Waals surface area contributed by atoms with E-state index < -0.39 is 11.4 Å². The number of piperidine rings is 1. The van der Waals surface area contributed by atoms with Gasteiger partial charge in [0, 0.05) is 25.8 Å². The van der Waals surface area contributed by atoms with Gasteiger partial charge in [-0.3, -0.25) is 9.69 Å². The van der Waals surface area contributed by atoms with Crippen LogP contribution in [0, 0.1) is 5.41 Å². The van der Waals surface area contributed by atoms with Crippen molar-refractivity contribution in [3.05, 3.63) is 18.2 Å². The number of hydrogen-bond donors (Lipinski definition) is 1. The Morgan fingerprint density at radius 1 is 1.50 bits per heavy atom. The number of hydrogen-bond acceptors (Lipinski definition) is 3. The van der Waals surface area contributed by atoms with Gasteiger partial charge in [0.25, 0.3) is 0 Å². The third kappa shape index (κ3) is 3.03. The first-order valence-corrected chi connectivity index (χ1v) is 7.56. The largest absolute Gasteiger partial charge is 0.481 e. The van der Waals surface area contributed by atoms with Gasteiger partial charge in [-0.25, -0.2) is 4.98 Å². The van der Waals surface area contributed by atoms with Gasteiger partial charge in [-0.1, -0.05) is 13.3 Å². The number of nitrogens with zero attached hydrogens (tertiary/aromatic N) is 3. The van der Waals surface area contributed by atoms with Crippen molar-refractivity contribution in [3.8, 4) is 0 Å². The highest BCUT2D eigenvalue weighted by molar-refractivity contribution is 5.75. The fourth-order valence-electron chi connectivity index (χ4n) is 3.32. The van der Waals surface area contributed by atoms with E-state index in [2.05, 4.69) is 28.3 Å². The monoisotopic (exact) mass is 279 g/mol. The van der Waals surface area contributed by atoms with Gasteiger partial charge >= 0.3 is 5.97 Å². The molecule has 1 fully saturated rings. The number of rotatable bonds is 6. The van der Waals surface area contributed by atoms with E-state index in [1.165, 1.54) is 5.69 Å². The van der Waals surface area contributed by atoms with Gasteiger partial charge in [-0.05, 0) is 32.7 Å². The predicted molar refractivity (Wildman–Crippen MR) is 77.4 cm³/mol. The summed E-state index contributed by atoms with van der Waals surface area (Å²) in [6, 6.07) is 0. The molecular formula is C15H25N3O2. The molecule has 1 N–H and O–H groups in total. The van der Waals surface area contributed by atoms with E-state index in [0.29, 0.717) is 6.54 Å². The van der Waals surface area contributed by atoms with Gasteiger partial charge in [0.2, 0.25) is 0 Å². The maximum Gasteiger partial charge on any atom is 0.310 e. The van der Waals surface area contributed by atoms with Crippen LogP contribution in [-0.4, -0.2) is 38.6 Å². The van der Waals surface area contributed by atoms with Crippen LogP contribution in [0.1, 0.15) is 45.2 Å². The minimum Gasteiger partial charge on any atom is -0.481 e. The Morgan fingerprint density at radius 2 is 2.30 bits per heavy atom. The quantitative estimate of drug-likeness (QED) is 0.868. The maximum absolute atomic E-state index is 11.7. The number of aromatic nitrogens is 2. The average molecular weight is 279 g/mol. The van der Waals surface area contributed by atoms with Gasteiger partial charge < -0.3 is 9.67 Å².